The van der Waals surface area contributed by atoms with Crippen LogP contribution in [0.15, 0.2) is 18.2 Å². The summed E-state index contributed by atoms with van der Waals surface area (Å²) < 4.78 is 21.3. The van der Waals surface area contributed by atoms with E-state index < -0.39 is 26.6 Å². The number of carbonyl (C=O) groups is 1. The highest BCUT2D eigenvalue weighted by Crippen LogP contribution is 2.24. The lowest BCUT2D eigenvalue weighted by Gasteiger charge is -2.04. The molecule has 0 saturated heterocycles. The van der Waals surface area contributed by atoms with Crippen molar-refractivity contribution < 1.29 is 18.1 Å². The summed E-state index contributed by atoms with van der Waals surface area (Å²) in [5.41, 5.74) is -0.229. The molecule has 0 aliphatic heterocycles. The molecule has 0 heterocycles. The molecule has 10 heteroatoms. The van der Waals surface area contributed by atoms with Gasteiger partial charge >= 0.3 is 0 Å². The number of nitrogens with two attached hydrogens (primary N) is 1. The van der Waals surface area contributed by atoms with Crippen LogP contribution in [0.4, 0.5) is 5.69 Å². The number of hydrogen-bond acceptors (Lipinski definition) is 5. The van der Waals surface area contributed by atoms with E-state index in [0.717, 1.165) is 12.1 Å². The fourth-order valence-corrected chi connectivity index (χ4v) is 1.84. The van der Waals surface area contributed by atoms with E-state index in [2.05, 4.69) is 5.32 Å². The summed E-state index contributed by atoms with van der Waals surface area (Å²) in [5.74, 6) is -1.00. The van der Waals surface area contributed by atoms with Crippen molar-refractivity contribution >= 4 is 33.2 Å². The maximum Gasteiger partial charge on any atom is 0.287 e. The van der Waals surface area contributed by atoms with Gasteiger partial charge in [0.1, 0.15) is 5.02 Å². The van der Waals surface area contributed by atoms with Gasteiger partial charge in [-0.2, -0.15) is 0 Å². The number of nitro benzene ring substituents is 1. The first-order valence-corrected chi connectivity index (χ1v) is 7.02. The van der Waals surface area contributed by atoms with Gasteiger partial charge in [0.15, 0.2) is 0 Å². The van der Waals surface area contributed by atoms with Gasteiger partial charge in [0, 0.05) is 18.2 Å². The number of halogens is 1. The van der Waals surface area contributed by atoms with E-state index in [-0.39, 0.29) is 22.8 Å². The Labute approximate surface area is 113 Å². The zero-order valence-corrected chi connectivity index (χ0v) is 11.1. The highest BCUT2D eigenvalue weighted by atomic mass is 35.5. The Balaban J connectivity index is 2.73. The molecule has 3 N–H and O–H groups in total. The van der Waals surface area contributed by atoms with Crippen molar-refractivity contribution in [2.75, 3.05) is 12.3 Å². The van der Waals surface area contributed by atoms with E-state index in [4.69, 9.17) is 16.7 Å². The summed E-state index contributed by atoms with van der Waals surface area (Å²) >= 11 is 5.64. The number of primary sulfonamides is 1. The minimum absolute atomic E-state index is 0.0880. The average Bonchev–Trinajstić information content (AvgIpc) is 2.26. The summed E-state index contributed by atoms with van der Waals surface area (Å²) in [4.78, 5) is 21.4. The van der Waals surface area contributed by atoms with Crippen LogP contribution in [0.1, 0.15) is 10.4 Å². The van der Waals surface area contributed by atoms with Crippen LogP contribution in [0.3, 0.4) is 0 Å². The predicted octanol–water partition coefficient (Wildman–Crippen LogP) is 0.267. The number of sulfonamides is 1. The van der Waals surface area contributed by atoms with Crippen LogP contribution in [0.2, 0.25) is 5.02 Å². The molecule has 1 amide bonds. The van der Waals surface area contributed by atoms with Crippen LogP contribution < -0.4 is 10.5 Å². The molecule has 0 radical (unpaired) electrons. The molecule has 104 valence electrons. The van der Waals surface area contributed by atoms with Crippen molar-refractivity contribution in [1.29, 1.82) is 0 Å². The minimum atomic E-state index is -3.66. The lowest BCUT2D eigenvalue weighted by atomic mass is 10.2. The molecule has 19 heavy (non-hydrogen) atoms. The summed E-state index contributed by atoms with van der Waals surface area (Å²) in [5, 5.41) is 17.4. The van der Waals surface area contributed by atoms with Crippen molar-refractivity contribution in [3.05, 3.63) is 38.9 Å². The van der Waals surface area contributed by atoms with Gasteiger partial charge in [-0.05, 0) is 12.1 Å². The normalized spacial score (nSPS) is 11.1. The number of benzene rings is 1. The molecule has 8 nitrogen and oxygen atoms in total. The van der Waals surface area contributed by atoms with E-state index >= 15 is 0 Å². The first-order chi connectivity index (χ1) is 8.70. The molecule has 0 unspecified atom stereocenters. The quantitative estimate of drug-likeness (QED) is 0.595. The highest BCUT2D eigenvalue weighted by Gasteiger charge is 2.15. The number of nitrogens with zero attached hydrogens (tertiary/aromatic N) is 1. The third-order valence-electron chi connectivity index (χ3n) is 2.08. The molecule has 0 bridgehead atoms. The molecule has 0 aromatic heterocycles. The van der Waals surface area contributed by atoms with E-state index in [1.54, 1.807) is 0 Å². The Bertz CT molecular complexity index is 616. The summed E-state index contributed by atoms with van der Waals surface area (Å²) in [6.07, 6.45) is 0. The monoisotopic (exact) mass is 307 g/mol. The van der Waals surface area contributed by atoms with Gasteiger partial charge in [0.2, 0.25) is 10.0 Å². The fraction of sp³-hybridized carbons (Fsp3) is 0.222. The lowest BCUT2D eigenvalue weighted by Crippen LogP contribution is -2.31. The van der Waals surface area contributed by atoms with Crippen molar-refractivity contribution in [2.24, 2.45) is 5.14 Å². The van der Waals surface area contributed by atoms with Crippen LogP contribution in [-0.4, -0.2) is 31.5 Å². The van der Waals surface area contributed by atoms with Crippen LogP contribution in [0.25, 0.3) is 0 Å². The van der Waals surface area contributed by atoms with Gasteiger partial charge in [-0.15, -0.1) is 0 Å². The maximum absolute atomic E-state index is 11.6. The first kappa shape index (κ1) is 15.3. The van der Waals surface area contributed by atoms with E-state index in [1.807, 2.05) is 0 Å². The average molecular weight is 308 g/mol. The Hall–Kier alpha value is -1.71. The summed E-state index contributed by atoms with van der Waals surface area (Å²) in [6.45, 7) is -0.160. The second kappa shape index (κ2) is 5.95. The Morgan fingerprint density at radius 3 is 2.58 bits per heavy atom. The standard InChI is InChI=1S/C9H10ClN3O5S/c10-7-5-6(1-2-8(7)13(15)16)9(14)12-3-4-19(11,17)18/h1-2,5H,3-4H2,(H,12,14)(H2,11,17,18). The molecule has 1 aromatic rings. The van der Waals surface area contributed by atoms with E-state index in [0.29, 0.717) is 0 Å². The van der Waals surface area contributed by atoms with Crippen molar-refractivity contribution in [3.63, 3.8) is 0 Å². The molecular formula is C9H10ClN3O5S. The van der Waals surface area contributed by atoms with Gasteiger partial charge in [-0.3, -0.25) is 14.9 Å². The van der Waals surface area contributed by atoms with Crippen molar-refractivity contribution in [3.8, 4) is 0 Å². The largest absolute Gasteiger partial charge is 0.351 e. The van der Waals surface area contributed by atoms with Gasteiger partial charge in [0.25, 0.3) is 11.6 Å². The fourth-order valence-electron chi connectivity index (χ4n) is 1.21. The SMILES string of the molecule is NS(=O)(=O)CCNC(=O)c1ccc([N+](=O)[O-])c(Cl)c1. The number of nitrogens with one attached hydrogen (secondary N) is 1. The third-order valence-corrected chi connectivity index (χ3v) is 3.15. The van der Waals surface area contributed by atoms with E-state index in [9.17, 15) is 23.3 Å². The summed E-state index contributed by atoms with van der Waals surface area (Å²) in [6, 6.07) is 3.44. The number of rotatable bonds is 5. The molecule has 0 aliphatic rings. The molecule has 0 fully saturated rings. The highest BCUT2D eigenvalue weighted by molar-refractivity contribution is 7.89. The topological polar surface area (TPSA) is 132 Å². The van der Waals surface area contributed by atoms with Crippen LogP contribution in [0.5, 0.6) is 0 Å². The minimum Gasteiger partial charge on any atom is -0.351 e. The molecule has 0 spiro atoms. The first-order valence-electron chi connectivity index (χ1n) is 4.93. The third kappa shape index (κ3) is 4.81. The molecular weight excluding hydrogens is 298 g/mol. The molecule has 0 aliphatic carbocycles. The zero-order valence-electron chi connectivity index (χ0n) is 9.50. The lowest BCUT2D eigenvalue weighted by molar-refractivity contribution is -0.384. The number of nitro groups is 1. The Morgan fingerprint density at radius 2 is 2.11 bits per heavy atom. The Kier molecular flexibility index (Phi) is 4.81. The molecule has 1 rings (SSSR count). The van der Waals surface area contributed by atoms with Crippen molar-refractivity contribution in [2.45, 2.75) is 0 Å². The van der Waals surface area contributed by atoms with Crippen molar-refractivity contribution in [1.82, 2.24) is 5.32 Å². The van der Waals surface area contributed by atoms with Gasteiger partial charge in [0.05, 0.1) is 10.7 Å². The van der Waals surface area contributed by atoms with Gasteiger partial charge in [-0.25, -0.2) is 13.6 Å². The predicted molar refractivity (Wildman–Crippen MR) is 68.4 cm³/mol. The zero-order chi connectivity index (χ0) is 14.6. The summed E-state index contributed by atoms with van der Waals surface area (Å²) in [7, 11) is -3.66. The number of carbonyl (C=O) groups excluding carboxylic acids is 1. The smallest absolute Gasteiger partial charge is 0.287 e. The second-order valence-corrected chi connectivity index (χ2v) is 5.69. The van der Waals surface area contributed by atoms with Crippen LogP contribution in [-0.2, 0) is 10.0 Å². The number of hydrogen-bond donors (Lipinski definition) is 2. The van der Waals surface area contributed by atoms with E-state index in [1.165, 1.54) is 6.07 Å². The number of amides is 1. The van der Waals surface area contributed by atoms with Gasteiger partial charge < -0.3 is 5.32 Å². The Morgan fingerprint density at radius 1 is 1.47 bits per heavy atom. The van der Waals surface area contributed by atoms with Crippen LogP contribution in [0, 0.1) is 10.1 Å². The van der Waals surface area contributed by atoms with Gasteiger partial charge in [-0.1, -0.05) is 11.6 Å². The molecule has 0 atom stereocenters. The molecule has 0 saturated carbocycles. The second-order valence-electron chi connectivity index (χ2n) is 3.55. The molecule has 1 aromatic carbocycles. The van der Waals surface area contributed by atoms with Crippen LogP contribution >= 0.6 is 11.6 Å². The maximum atomic E-state index is 11.6.